The van der Waals surface area contributed by atoms with Gasteiger partial charge in [0.1, 0.15) is 12.5 Å². The zero-order valence-electron chi connectivity index (χ0n) is 20.0. The molecule has 1 aromatic carbocycles. The number of β-amino-alcohol motifs (C(OH)–C–C–N with tert-alkyl or cyclic N) is 1. The number of aromatic nitrogens is 2. The van der Waals surface area contributed by atoms with Crippen molar-refractivity contribution < 1.29 is 31.9 Å². The monoisotopic (exact) mass is 528 g/mol. The number of amides is 1. The fraction of sp³-hybridized carbons (Fsp3) is 0.542. The first-order valence-electron chi connectivity index (χ1n) is 12.0. The van der Waals surface area contributed by atoms with Crippen LogP contribution in [0.4, 0.5) is 33.6 Å². The molecule has 37 heavy (non-hydrogen) atoms. The van der Waals surface area contributed by atoms with E-state index in [2.05, 4.69) is 15.3 Å². The van der Waals surface area contributed by atoms with Crippen molar-refractivity contribution in [3.05, 3.63) is 47.5 Å². The molecule has 2 fully saturated rings. The molecule has 1 aliphatic carbocycles. The topological polar surface area (TPSA) is 108 Å². The van der Waals surface area contributed by atoms with E-state index in [1.54, 1.807) is 9.80 Å². The molecule has 8 nitrogen and oxygen atoms in total. The normalized spacial score (nSPS) is 24.4. The highest BCUT2D eigenvalue weighted by molar-refractivity contribution is 5.75. The number of primary amides is 1. The molecule has 2 heterocycles. The number of rotatable bonds is 9. The SMILES string of the molecule is NC(=O)CN1CCC(CNc2ncnc(N(Cc3ccc(C(F)(F)F)cc3)C3CC(F)C3)c2F)C(O)C1. The van der Waals surface area contributed by atoms with Crippen LogP contribution in [0.25, 0.3) is 0 Å². The van der Waals surface area contributed by atoms with Crippen molar-refractivity contribution in [3.8, 4) is 0 Å². The number of piperidine rings is 1. The summed E-state index contributed by atoms with van der Waals surface area (Å²) in [6.45, 7) is 1.13. The van der Waals surface area contributed by atoms with Crippen LogP contribution in [0.2, 0.25) is 0 Å². The van der Waals surface area contributed by atoms with E-state index in [1.165, 1.54) is 12.1 Å². The van der Waals surface area contributed by atoms with Crippen LogP contribution < -0.4 is 16.0 Å². The van der Waals surface area contributed by atoms with Crippen molar-refractivity contribution in [1.82, 2.24) is 14.9 Å². The second-order valence-corrected chi connectivity index (χ2v) is 9.60. The standard InChI is InChI=1S/C24H29F5N6O2/c25-17-7-18(8-17)35(10-14-1-3-16(4-2-14)24(27,28)29)23-21(26)22(32-13-33-23)31-9-15-5-6-34(11-19(15)36)12-20(30)37/h1-4,13,15,17-19,36H,5-12H2,(H2,30,37)(H,31,32,33). The van der Waals surface area contributed by atoms with Crippen molar-refractivity contribution in [2.24, 2.45) is 11.7 Å². The van der Waals surface area contributed by atoms with Gasteiger partial charge in [0.25, 0.3) is 0 Å². The van der Waals surface area contributed by atoms with E-state index in [1.807, 2.05) is 0 Å². The summed E-state index contributed by atoms with van der Waals surface area (Å²) in [4.78, 5) is 22.5. The highest BCUT2D eigenvalue weighted by atomic mass is 19.4. The van der Waals surface area contributed by atoms with Crippen LogP contribution in [-0.2, 0) is 17.5 Å². The number of nitrogens with one attached hydrogen (secondary N) is 1. The molecule has 1 amide bonds. The molecule has 2 unspecified atom stereocenters. The lowest BCUT2D eigenvalue weighted by Crippen LogP contribution is -2.48. The lowest BCUT2D eigenvalue weighted by atomic mass is 9.89. The molecule has 0 spiro atoms. The number of carbonyl (C=O) groups is 1. The van der Waals surface area contributed by atoms with Crippen LogP contribution in [0, 0.1) is 11.7 Å². The molecule has 202 valence electrons. The van der Waals surface area contributed by atoms with E-state index < -0.39 is 35.7 Å². The summed E-state index contributed by atoms with van der Waals surface area (Å²) in [5, 5.41) is 13.4. The van der Waals surface area contributed by atoms with E-state index in [9.17, 15) is 27.5 Å². The Kier molecular flexibility index (Phi) is 8.12. The summed E-state index contributed by atoms with van der Waals surface area (Å²) >= 11 is 0. The molecular weight excluding hydrogens is 499 g/mol. The van der Waals surface area contributed by atoms with Crippen LogP contribution in [-0.4, -0.2) is 70.4 Å². The third-order valence-corrected chi connectivity index (χ3v) is 6.89. The van der Waals surface area contributed by atoms with E-state index in [0.29, 0.717) is 18.5 Å². The Morgan fingerprint density at radius 3 is 2.51 bits per heavy atom. The van der Waals surface area contributed by atoms with Crippen LogP contribution in [0.15, 0.2) is 30.6 Å². The number of aliphatic hydroxyl groups excluding tert-OH is 1. The molecule has 1 saturated carbocycles. The first-order valence-corrected chi connectivity index (χ1v) is 12.0. The summed E-state index contributed by atoms with van der Waals surface area (Å²) < 4.78 is 67.9. The number of anilines is 2. The third-order valence-electron chi connectivity index (χ3n) is 6.89. The minimum absolute atomic E-state index is 0.0416. The van der Waals surface area contributed by atoms with Gasteiger partial charge in [0.05, 0.1) is 18.2 Å². The quantitative estimate of drug-likeness (QED) is 0.430. The third kappa shape index (κ3) is 6.63. The lowest BCUT2D eigenvalue weighted by molar-refractivity contribution is -0.137. The second-order valence-electron chi connectivity index (χ2n) is 9.60. The fourth-order valence-electron chi connectivity index (χ4n) is 4.71. The maximum absolute atomic E-state index is 15.5. The van der Waals surface area contributed by atoms with Crippen LogP contribution in [0.1, 0.15) is 30.4 Å². The number of halogens is 5. The fourth-order valence-corrected chi connectivity index (χ4v) is 4.71. The van der Waals surface area contributed by atoms with Gasteiger partial charge in [-0.05, 0) is 43.5 Å². The minimum Gasteiger partial charge on any atom is -0.391 e. The van der Waals surface area contributed by atoms with Crippen molar-refractivity contribution in [2.45, 2.75) is 50.3 Å². The van der Waals surface area contributed by atoms with Crippen LogP contribution >= 0.6 is 0 Å². The van der Waals surface area contributed by atoms with Gasteiger partial charge in [-0.15, -0.1) is 0 Å². The van der Waals surface area contributed by atoms with Gasteiger partial charge in [-0.3, -0.25) is 9.69 Å². The van der Waals surface area contributed by atoms with Gasteiger partial charge in [0, 0.05) is 31.6 Å². The van der Waals surface area contributed by atoms with Gasteiger partial charge in [-0.2, -0.15) is 17.6 Å². The number of alkyl halides is 4. The zero-order valence-corrected chi connectivity index (χ0v) is 20.0. The smallest absolute Gasteiger partial charge is 0.391 e. The molecule has 2 atom stereocenters. The summed E-state index contributed by atoms with van der Waals surface area (Å²) in [5.41, 5.74) is 4.91. The number of benzene rings is 1. The Balaban J connectivity index is 1.46. The Labute approximate surface area is 210 Å². The van der Waals surface area contributed by atoms with Crippen LogP contribution in [0.3, 0.4) is 0 Å². The van der Waals surface area contributed by atoms with Crippen molar-refractivity contribution in [2.75, 3.05) is 36.4 Å². The maximum Gasteiger partial charge on any atom is 0.416 e. The van der Waals surface area contributed by atoms with Crippen molar-refractivity contribution in [1.29, 1.82) is 0 Å². The molecular formula is C24H29F5N6O2. The summed E-state index contributed by atoms with van der Waals surface area (Å²) in [6.07, 6.45) is -4.23. The summed E-state index contributed by atoms with van der Waals surface area (Å²) in [7, 11) is 0. The molecule has 0 radical (unpaired) electrons. The summed E-state index contributed by atoms with van der Waals surface area (Å²) in [6, 6.07) is 4.16. The molecule has 0 bridgehead atoms. The average Bonchev–Trinajstić information content (AvgIpc) is 2.80. The number of hydrogen-bond donors (Lipinski definition) is 3. The number of nitrogens with two attached hydrogens (primary N) is 1. The Bertz CT molecular complexity index is 1080. The number of hydrogen-bond acceptors (Lipinski definition) is 7. The number of nitrogens with zero attached hydrogens (tertiary/aromatic N) is 4. The van der Waals surface area contributed by atoms with Crippen molar-refractivity contribution in [3.63, 3.8) is 0 Å². The van der Waals surface area contributed by atoms with Gasteiger partial charge in [0.15, 0.2) is 11.6 Å². The molecule has 1 aliphatic heterocycles. The molecule has 1 saturated heterocycles. The minimum atomic E-state index is -4.47. The van der Waals surface area contributed by atoms with Crippen molar-refractivity contribution >= 4 is 17.5 Å². The summed E-state index contributed by atoms with van der Waals surface area (Å²) in [5.74, 6) is -1.64. The maximum atomic E-state index is 15.5. The Morgan fingerprint density at radius 2 is 1.92 bits per heavy atom. The first-order chi connectivity index (χ1) is 17.5. The first kappa shape index (κ1) is 27.0. The van der Waals surface area contributed by atoms with Crippen LogP contribution in [0.5, 0.6) is 0 Å². The molecule has 4 rings (SSSR count). The zero-order chi connectivity index (χ0) is 26.7. The van der Waals surface area contributed by atoms with E-state index in [-0.39, 0.29) is 62.6 Å². The Morgan fingerprint density at radius 1 is 1.22 bits per heavy atom. The molecule has 13 heteroatoms. The largest absolute Gasteiger partial charge is 0.416 e. The predicted octanol–water partition coefficient (Wildman–Crippen LogP) is 2.72. The average molecular weight is 529 g/mol. The van der Waals surface area contributed by atoms with E-state index in [4.69, 9.17) is 5.73 Å². The van der Waals surface area contributed by atoms with Gasteiger partial charge >= 0.3 is 6.18 Å². The highest BCUT2D eigenvalue weighted by Crippen LogP contribution is 2.35. The predicted molar refractivity (Wildman–Crippen MR) is 126 cm³/mol. The number of aliphatic hydroxyl groups is 1. The van der Waals surface area contributed by atoms with E-state index in [0.717, 1.165) is 18.5 Å². The van der Waals surface area contributed by atoms with Gasteiger partial charge < -0.3 is 21.1 Å². The van der Waals surface area contributed by atoms with Gasteiger partial charge in [-0.1, -0.05) is 12.1 Å². The highest BCUT2D eigenvalue weighted by Gasteiger charge is 2.37. The van der Waals surface area contributed by atoms with Gasteiger partial charge in [-0.25, -0.2) is 14.4 Å². The lowest BCUT2D eigenvalue weighted by Gasteiger charge is -2.40. The molecule has 1 aromatic heterocycles. The number of likely N-dealkylation sites (tertiary alicyclic amines) is 1. The number of carbonyl (C=O) groups excluding carboxylic acids is 1. The van der Waals surface area contributed by atoms with Gasteiger partial charge in [0.2, 0.25) is 11.7 Å². The molecule has 4 N–H and O–H groups in total. The second kappa shape index (κ2) is 11.1. The molecule has 2 aromatic rings. The molecule has 2 aliphatic rings. The van der Waals surface area contributed by atoms with E-state index >= 15 is 4.39 Å². The Hall–Kier alpha value is -3.06.